The molecule has 0 aromatic heterocycles. The molecule has 5 nitrogen and oxygen atoms in total. The summed E-state index contributed by atoms with van der Waals surface area (Å²) in [4.78, 5) is 12.1. The van der Waals surface area contributed by atoms with Crippen molar-refractivity contribution in [3.8, 4) is 0 Å². The summed E-state index contributed by atoms with van der Waals surface area (Å²) in [6, 6.07) is 7.80. The number of carbonyl (C=O) groups is 1. The topological polar surface area (TPSA) is 83.5 Å². The van der Waals surface area contributed by atoms with Crippen molar-refractivity contribution in [3.05, 3.63) is 35.4 Å². The smallest absolute Gasteiger partial charge is 0.220 e. The number of aliphatic hydroxyl groups is 1. The lowest BCUT2D eigenvalue weighted by molar-refractivity contribution is -0.123. The van der Waals surface area contributed by atoms with Gasteiger partial charge in [0.1, 0.15) is 5.60 Å². The molecule has 1 amide bonds. The Kier molecular flexibility index (Phi) is 4.47. The Bertz CT molecular complexity index is 700. The van der Waals surface area contributed by atoms with Crippen LogP contribution in [0.4, 0.5) is 0 Å². The van der Waals surface area contributed by atoms with Crippen molar-refractivity contribution in [1.82, 2.24) is 5.32 Å². The van der Waals surface area contributed by atoms with E-state index in [1.807, 2.05) is 24.3 Å². The number of hydrogen-bond acceptors (Lipinski definition) is 4. The molecule has 23 heavy (non-hydrogen) atoms. The average Bonchev–Trinajstić information content (AvgIpc) is 2.85. The third kappa shape index (κ3) is 3.75. The predicted molar refractivity (Wildman–Crippen MR) is 87.7 cm³/mol. The van der Waals surface area contributed by atoms with Crippen molar-refractivity contribution in [2.75, 3.05) is 18.1 Å². The van der Waals surface area contributed by atoms with Gasteiger partial charge >= 0.3 is 0 Å². The quantitative estimate of drug-likeness (QED) is 0.863. The van der Waals surface area contributed by atoms with Gasteiger partial charge in [0.05, 0.1) is 18.1 Å². The molecule has 3 rings (SSSR count). The fraction of sp³-hybridized carbons (Fsp3) is 0.588. The third-order valence-electron chi connectivity index (χ3n) is 4.93. The predicted octanol–water partition coefficient (Wildman–Crippen LogP) is 1.15. The monoisotopic (exact) mass is 337 g/mol. The zero-order chi connectivity index (χ0) is 16.5. The second-order valence-electron chi connectivity index (χ2n) is 6.79. The second-order valence-corrected chi connectivity index (χ2v) is 9.02. The first-order chi connectivity index (χ1) is 10.9. The molecule has 0 bridgehead atoms. The summed E-state index contributed by atoms with van der Waals surface area (Å²) >= 11 is 0. The van der Waals surface area contributed by atoms with Crippen molar-refractivity contribution < 1.29 is 18.3 Å². The Morgan fingerprint density at radius 3 is 2.87 bits per heavy atom. The number of aryl methyl sites for hydroxylation is 1. The molecule has 1 saturated heterocycles. The van der Waals surface area contributed by atoms with Gasteiger partial charge < -0.3 is 10.4 Å². The number of benzene rings is 1. The number of rotatable bonds is 4. The van der Waals surface area contributed by atoms with Crippen molar-refractivity contribution >= 4 is 15.7 Å². The Hall–Kier alpha value is -1.40. The number of fused-ring (bicyclic) bond motifs is 1. The van der Waals surface area contributed by atoms with Gasteiger partial charge in [0.15, 0.2) is 9.84 Å². The average molecular weight is 337 g/mol. The molecule has 0 spiro atoms. The summed E-state index contributed by atoms with van der Waals surface area (Å²) in [6.45, 7) is 0.183. The minimum Gasteiger partial charge on any atom is -0.383 e. The van der Waals surface area contributed by atoms with Crippen LogP contribution >= 0.6 is 0 Å². The van der Waals surface area contributed by atoms with Crippen LogP contribution in [-0.2, 0) is 26.7 Å². The van der Waals surface area contributed by atoms with Gasteiger partial charge in [-0.1, -0.05) is 24.3 Å². The van der Waals surface area contributed by atoms with E-state index < -0.39 is 15.4 Å². The molecule has 1 aromatic carbocycles. The van der Waals surface area contributed by atoms with Gasteiger partial charge in [0.2, 0.25) is 5.91 Å². The molecule has 1 fully saturated rings. The molecule has 6 heteroatoms. The molecular formula is C17H23NO4S. The normalized spacial score (nSPS) is 29.0. The van der Waals surface area contributed by atoms with Crippen LogP contribution in [0.15, 0.2) is 24.3 Å². The van der Waals surface area contributed by atoms with E-state index in [0.717, 1.165) is 24.0 Å². The van der Waals surface area contributed by atoms with Crippen molar-refractivity contribution in [2.45, 2.75) is 37.7 Å². The maximum atomic E-state index is 12.1. The number of nitrogens with one attached hydrogen (secondary N) is 1. The lowest BCUT2D eigenvalue weighted by Crippen LogP contribution is -2.43. The highest BCUT2D eigenvalue weighted by atomic mass is 32.2. The number of amides is 1. The van der Waals surface area contributed by atoms with Gasteiger partial charge in [-0.05, 0) is 42.7 Å². The first kappa shape index (κ1) is 16.5. The summed E-state index contributed by atoms with van der Waals surface area (Å²) in [5, 5.41) is 13.7. The van der Waals surface area contributed by atoms with E-state index in [0.29, 0.717) is 12.8 Å². The van der Waals surface area contributed by atoms with Crippen molar-refractivity contribution in [1.29, 1.82) is 0 Å². The Balaban J connectivity index is 1.59. The van der Waals surface area contributed by atoms with Gasteiger partial charge in [0, 0.05) is 6.42 Å². The lowest BCUT2D eigenvalue weighted by atomic mass is 9.79. The molecule has 2 aliphatic rings. The molecule has 0 saturated carbocycles. The van der Waals surface area contributed by atoms with Gasteiger partial charge in [-0.25, -0.2) is 8.42 Å². The summed E-state index contributed by atoms with van der Waals surface area (Å²) in [5.41, 5.74) is 1.01. The summed E-state index contributed by atoms with van der Waals surface area (Å²) in [7, 11) is -2.96. The molecule has 0 radical (unpaired) electrons. The minimum atomic E-state index is -2.96. The fourth-order valence-electron chi connectivity index (χ4n) is 3.69. The van der Waals surface area contributed by atoms with Crippen LogP contribution in [0.25, 0.3) is 0 Å². The standard InChI is InChI=1S/C17H23NO4S/c19-16(10-13-7-9-23(21,22)11-13)18-12-17(20)8-3-5-14-4-1-2-6-15(14)17/h1-2,4,6,13,20H,3,5,7-12H2,(H,18,19)/t13-,17+/m0/s1. The summed E-state index contributed by atoms with van der Waals surface area (Å²) < 4.78 is 22.9. The van der Waals surface area contributed by atoms with Gasteiger partial charge in [-0.3, -0.25) is 4.79 Å². The summed E-state index contributed by atoms with van der Waals surface area (Å²) in [5.74, 6) is 0.0207. The highest BCUT2D eigenvalue weighted by Crippen LogP contribution is 2.34. The Morgan fingerprint density at radius 2 is 2.13 bits per heavy atom. The van der Waals surface area contributed by atoms with E-state index in [1.54, 1.807) is 0 Å². The second kappa shape index (κ2) is 6.24. The molecular weight excluding hydrogens is 314 g/mol. The third-order valence-corrected chi connectivity index (χ3v) is 6.77. The van der Waals surface area contributed by atoms with Gasteiger partial charge in [-0.2, -0.15) is 0 Å². The SMILES string of the molecule is O=C(C[C@@H]1CCS(=O)(=O)C1)NC[C@]1(O)CCCc2ccccc21. The van der Waals surface area contributed by atoms with E-state index >= 15 is 0 Å². The molecule has 1 aliphatic carbocycles. The maximum Gasteiger partial charge on any atom is 0.220 e. The molecule has 2 atom stereocenters. The number of carbonyl (C=O) groups excluding carboxylic acids is 1. The van der Waals surface area contributed by atoms with Crippen LogP contribution in [0.2, 0.25) is 0 Å². The van der Waals surface area contributed by atoms with E-state index in [4.69, 9.17) is 0 Å². The Morgan fingerprint density at radius 1 is 1.35 bits per heavy atom. The van der Waals surface area contributed by atoms with Crippen LogP contribution in [0.5, 0.6) is 0 Å². The lowest BCUT2D eigenvalue weighted by Gasteiger charge is -2.34. The van der Waals surface area contributed by atoms with E-state index in [1.165, 1.54) is 0 Å². The van der Waals surface area contributed by atoms with Gasteiger partial charge in [-0.15, -0.1) is 0 Å². The number of hydrogen-bond donors (Lipinski definition) is 2. The van der Waals surface area contributed by atoms with E-state index in [2.05, 4.69) is 5.32 Å². The Labute approximate surface area is 137 Å². The van der Waals surface area contributed by atoms with Crippen LogP contribution in [-0.4, -0.2) is 37.5 Å². The van der Waals surface area contributed by atoms with Crippen LogP contribution in [0, 0.1) is 5.92 Å². The molecule has 0 unspecified atom stereocenters. The van der Waals surface area contributed by atoms with Crippen molar-refractivity contribution in [3.63, 3.8) is 0 Å². The van der Waals surface area contributed by atoms with Crippen LogP contribution < -0.4 is 5.32 Å². The molecule has 126 valence electrons. The molecule has 1 heterocycles. The first-order valence-electron chi connectivity index (χ1n) is 8.16. The zero-order valence-corrected chi connectivity index (χ0v) is 13.9. The van der Waals surface area contributed by atoms with E-state index in [-0.39, 0.29) is 36.3 Å². The van der Waals surface area contributed by atoms with Gasteiger partial charge in [0.25, 0.3) is 0 Å². The molecule has 2 N–H and O–H groups in total. The molecule has 1 aliphatic heterocycles. The minimum absolute atomic E-state index is 0.0896. The fourth-order valence-corrected chi connectivity index (χ4v) is 5.56. The maximum absolute atomic E-state index is 12.1. The first-order valence-corrected chi connectivity index (χ1v) is 9.98. The highest BCUT2D eigenvalue weighted by molar-refractivity contribution is 7.91. The van der Waals surface area contributed by atoms with Crippen LogP contribution in [0.3, 0.4) is 0 Å². The number of sulfone groups is 1. The highest BCUT2D eigenvalue weighted by Gasteiger charge is 2.35. The molecule has 1 aromatic rings. The van der Waals surface area contributed by atoms with Crippen LogP contribution in [0.1, 0.15) is 36.8 Å². The zero-order valence-electron chi connectivity index (χ0n) is 13.1. The summed E-state index contributed by atoms with van der Waals surface area (Å²) in [6.07, 6.45) is 3.25. The van der Waals surface area contributed by atoms with E-state index in [9.17, 15) is 18.3 Å². The van der Waals surface area contributed by atoms with Crippen molar-refractivity contribution in [2.24, 2.45) is 5.92 Å². The largest absolute Gasteiger partial charge is 0.383 e.